The van der Waals surface area contributed by atoms with Crippen LogP contribution in [-0.4, -0.2) is 12.3 Å². The molecular formula is C5H11NO. The lowest BCUT2D eigenvalue weighted by molar-refractivity contribution is -0.108. The Hall–Kier alpha value is -0.370. The van der Waals surface area contributed by atoms with Gasteiger partial charge in [-0.25, -0.2) is 0 Å². The van der Waals surface area contributed by atoms with E-state index in [1.807, 2.05) is 6.92 Å². The van der Waals surface area contributed by atoms with E-state index in [1.54, 1.807) is 0 Å². The van der Waals surface area contributed by atoms with E-state index < -0.39 is 0 Å². The maximum Gasteiger partial charge on any atom is 0.121 e. The summed E-state index contributed by atoms with van der Waals surface area (Å²) in [5, 5.41) is 0. The number of carbonyl (C=O) groups is 1. The van der Waals surface area contributed by atoms with Gasteiger partial charge in [0, 0.05) is 12.5 Å². The second-order valence-electron chi connectivity index (χ2n) is 1.57. The monoisotopic (exact) mass is 101 g/mol. The number of nitrogens with two attached hydrogens (primary N) is 1. The predicted molar refractivity (Wildman–Crippen MR) is 28.9 cm³/mol. The van der Waals surface area contributed by atoms with Crippen LogP contribution in [-0.2, 0) is 4.79 Å². The van der Waals surface area contributed by atoms with Gasteiger partial charge in [-0.2, -0.15) is 0 Å². The molecule has 1 atom stereocenters. The largest absolute Gasteiger partial charge is 0.327 e. The molecule has 0 spiro atoms. The minimum atomic E-state index is 0.0810. The van der Waals surface area contributed by atoms with E-state index in [1.165, 1.54) is 0 Å². The SMILES string of the molecule is CC[C@@H](N)CC=O. The van der Waals surface area contributed by atoms with Crippen LogP contribution in [0, 0.1) is 0 Å². The van der Waals surface area contributed by atoms with Crippen LogP contribution in [0.15, 0.2) is 0 Å². The van der Waals surface area contributed by atoms with Crippen molar-refractivity contribution >= 4 is 6.29 Å². The zero-order chi connectivity index (χ0) is 5.70. The van der Waals surface area contributed by atoms with Gasteiger partial charge in [0.05, 0.1) is 0 Å². The highest BCUT2D eigenvalue weighted by Gasteiger charge is 1.93. The Balaban J connectivity index is 2.98. The molecule has 0 saturated carbocycles. The standard InChI is InChI=1S/C5H11NO/c1-2-5(6)3-4-7/h4-5H,2-3,6H2,1H3/t5-/m1/s1. The molecule has 0 bridgehead atoms. The molecule has 0 aromatic rings. The molecule has 0 heterocycles. The lowest BCUT2D eigenvalue weighted by Gasteiger charge is -1.98. The van der Waals surface area contributed by atoms with Crippen molar-refractivity contribution in [3.63, 3.8) is 0 Å². The minimum absolute atomic E-state index is 0.0810. The lowest BCUT2D eigenvalue weighted by atomic mass is 10.2. The summed E-state index contributed by atoms with van der Waals surface area (Å²) in [6.45, 7) is 1.97. The topological polar surface area (TPSA) is 43.1 Å². The molecule has 0 amide bonds. The molecule has 0 aliphatic rings. The van der Waals surface area contributed by atoms with Crippen molar-refractivity contribution in [1.29, 1.82) is 0 Å². The zero-order valence-electron chi connectivity index (χ0n) is 4.55. The Morgan fingerprint density at radius 1 is 1.86 bits per heavy atom. The normalized spacial score (nSPS) is 13.4. The fraction of sp³-hybridized carbons (Fsp3) is 0.800. The summed E-state index contributed by atoms with van der Waals surface area (Å²) in [6.07, 6.45) is 2.24. The van der Waals surface area contributed by atoms with E-state index in [0.29, 0.717) is 6.42 Å². The molecule has 0 aliphatic carbocycles. The Kier molecular flexibility index (Phi) is 3.61. The Bertz CT molecular complexity index is 54.0. The first-order valence-corrected chi connectivity index (χ1v) is 2.50. The van der Waals surface area contributed by atoms with Gasteiger partial charge < -0.3 is 10.5 Å². The van der Waals surface area contributed by atoms with E-state index in [0.717, 1.165) is 12.7 Å². The smallest absolute Gasteiger partial charge is 0.121 e. The number of rotatable bonds is 3. The first-order chi connectivity index (χ1) is 3.31. The molecule has 2 nitrogen and oxygen atoms in total. The van der Waals surface area contributed by atoms with E-state index >= 15 is 0 Å². The minimum Gasteiger partial charge on any atom is -0.327 e. The average Bonchev–Trinajstić information content (AvgIpc) is 1.68. The van der Waals surface area contributed by atoms with E-state index in [9.17, 15) is 4.79 Å². The van der Waals surface area contributed by atoms with Crippen molar-refractivity contribution < 1.29 is 4.79 Å². The first kappa shape index (κ1) is 6.63. The third-order valence-corrected chi connectivity index (χ3v) is 0.923. The van der Waals surface area contributed by atoms with Crippen LogP contribution >= 0.6 is 0 Å². The summed E-state index contributed by atoms with van der Waals surface area (Å²) in [4.78, 5) is 9.69. The Morgan fingerprint density at radius 2 is 2.43 bits per heavy atom. The highest BCUT2D eigenvalue weighted by molar-refractivity contribution is 5.50. The van der Waals surface area contributed by atoms with Crippen molar-refractivity contribution in [2.24, 2.45) is 5.73 Å². The fourth-order valence-electron chi connectivity index (χ4n) is 0.290. The molecule has 0 aromatic carbocycles. The van der Waals surface area contributed by atoms with E-state index in [4.69, 9.17) is 5.73 Å². The first-order valence-electron chi connectivity index (χ1n) is 2.50. The van der Waals surface area contributed by atoms with Crippen LogP contribution in [0.1, 0.15) is 19.8 Å². The van der Waals surface area contributed by atoms with Gasteiger partial charge in [0.25, 0.3) is 0 Å². The van der Waals surface area contributed by atoms with Crippen LogP contribution in [0.2, 0.25) is 0 Å². The average molecular weight is 101 g/mol. The number of carbonyl (C=O) groups excluding carboxylic acids is 1. The molecule has 0 saturated heterocycles. The van der Waals surface area contributed by atoms with Crippen LogP contribution in [0.25, 0.3) is 0 Å². The molecule has 42 valence electrons. The summed E-state index contributed by atoms with van der Waals surface area (Å²) in [6, 6.07) is 0.0810. The van der Waals surface area contributed by atoms with Crippen molar-refractivity contribution in [2.45, 2.75) is 25.8 Å². The zero-order valence-corrected chi connectivity index (χ0v) is 4.55. The summed E-state index contributed by atoms with van der Waals surface area (Å²) >= 11 is 0. The van der Waals surface area contributed by atoms with Gasteiger partial charge >= 0.3 is 0 Å². The summed E-state index contributed by atoms with van der Waals surface area (Å²) in [5.74, 6) is 0. The quantitative estimate of drug-likeness (QED) is 0.520. The van der Waals surface area contributed by atoms with E-state index in [-0.39, 0.29) is 6.04 Å². The predicted octanol–water partition coefficient (Wildman–Crippen LogP) is 0.313. The van der Waals surface area contributed by atoms with Crippen molar-refractivity contribution in [1.82, 2.24) is 0 Å². The van der Waals surface area contributed by atoms with Crippen LogP contribution in [0.3, 0.4) is 0 Å². The van der Waals surface area contributed by atoms with Crippen molar-refractivity contribution in [2.75, 3.05) is 0 Å². The van der Waals surface area contributed by atoms with Crippen LogP contribution in [0.4, 0.5) is 0 Å². The van der Waals surface area contributed by atoms with Gasteiger partial charge in [-0.1, -0.05) is 6.92 Å². The van der Waals surface area contributed by atoms with Gasteiger partial charge in [0.1, 0.15) is 6.29 Å². The second-order valence-corrected chi connectivity index (χ2v) is 1.57. The fourth-order valence-corrected chi connectivity index (χ4v) is 0.290. The molecule has 7 heavy (non-hydrogen) atoms. The highest BCUT2D eigenvalue weighted by Crippen LogP contribution is 1.87. The van der Waals surface area contributed by atoms with E-state index in [2.05, 4.69) is 0 Å². The molecule has 0 rings (SSSR count). The second kappa shape index (κ2) is 3.81. The Morgan fingerprint density at radius 3 is 2.57 bits per heavy atom. The highest BCUT2D eigenvalue weighted by atomic mass is 16.1. The molecule has 2 N–H and O–H groups in total. The van der Waals surface area contributed by atoms with Gasteiger partial charge in [0.2, 0.25) is 0 Å². The van der Waals surface area contributed by atoms with Gasteiger partial charge in [0.15, 0.2) is 0 Å². The summed E-state index contributed by atoms with van der Waals surface area (Å²) in [7, 11) is 0. The number of aldehydes is 1. The van der Waals surface area contributed by atoms with Gasteiger partial charge in [-0.15, -0.1) is 0 Å². The lowest BCUT2D eigenvalue weighted by Crippen LogP contribution is -2.18. The number of hydrogen-bond acceptors (Lipinski definition) is 2. The van der Waals surface area contributed by atoms with Crippen LogP contribution < -0.4 is 5.73 Å². The molecule has 0 aromatic heterocycles. The molecular weight excluding hydrogens is 90.1 g/mol. The van der Waals surface area contributed by atoms with Crippen LogP contribution in [0.5, 0.6) is 0 Å². The molecule has 0 fully saturated rings. The maximum atomic E-state index is 9.69. The number of hydrogen-bond donors (Lipinski definition) is 1. The molecule has 0 aliphatic heterocycles. The molecule has 0 unspecified atom stereocenters. The van der Waals surface area contributed by atoms with Crippen molar-refractivity contribution in [3.8, 4) is 0 Å². The summed E-state index contributed by atoms with van der Waals surface area (Å²) in [5.41, 5.74) is 5.35. The van der Waals surface area contributed by atoms with Gasteiger partial charge in [-0.05, 0) is 6.42 Å². The summed E-state index contributed by atoms with van der Waals surface area (Å²) < 4.78 is 0. The van der Waals surface area contributed by atoms with Crippen molar-refractivity contribution in [3.05, 3.63) is 0 Å². The molecule has 0 radical (unpaired) electrons. The third-order valence-electron chi connectivity index (χ3n) is 0.923. The Labute approximate surface area is 43.7 Å². The molecule has 2 heteroatoms. The third kappa shape index (κ3) is 3.46. The van der Waals surface area contributed by atoms with Gasteiger partial charge in [-0.3, -0.25) is 0 Å². The maximum absolute atomic E-state index is 9.69.